The van der Waals surface area contributed by atoms with Gasteiger partial charge in [0.05, 0.1) is 16.3 Å². The van der Waals surface area contributed by atoms with Gasteiger partial charge < -0.3 is 11.1 Å². The van der Waals surface area contributed by atoms with E-state index in [1.54, 1.807) is 18.2 Å². The molecule has 1 aliphatic heterocycles. The van der Waals surface area contributed by atoms with Gasteiger partial charge in [0.1, 0.15) is 4.90 Å². The molecule has 0 spiro atoms. The Morgan fingerprint density at radius 2 is 1.66 bits per heavy atom. The lowest BCUT2D eigenvalue weighted by atomic mass is 10.1. The zero-order chi connectivity index (χ0) is 21.0. The van der Waals surface area contributed by atoms with Crippen LogP contribution in [0, 0.1) is 0 Å². The zero-order valence-electron chi connectivity index (χ0n) is 15.7. The van der Waals surface area contributed by atoms with Crippen molar-refractivity contribution < 1.29 is 18.0 Å². The minimum Gasteiger partial charge on any atom is -0.366 e. The molecule has 2 aromatic carbocycles. The molecule has 1 fully saturated rings. The van der Waals surface area contributed by atoms with Crippen LogP contribution >= 0.6 is 11.6 Å². The standard InChI is InChI=1S/C20H22ClN3O4S/c21-16-10-9-14(20(26)23-17-8-4-3-7-15(17)19(22)25)13-18(16)29(27,28)24-11-5-1-2-6-12-24/h3-4,7-10,13H,1-2,5-6,11-12H2,(H2,22,25)(H,23,26). The van der Waals surface area contributed by atoms with Crippen molar-refractivity contribution >= 4 is 39.1 Å². The number of carbonyl (C=O) groups excluding carboxylic acids is 2. The second-order valence-electron chi connectivity index (χ2n) is 6.83. The minimum absolute atomic E-state index is 0.0586. The lowest BCUT2D eigenvalue weighted by Crippen LogP contribution is -2.32. The summed E-state index contributed by atoms with van der Waals surface area (Å²) in [6.45, 7) is 0.863. The summed E-state index contributed by atoms with van der Waals surface area (Å²) >= 11 is 6.17. The number of primary amides is 1. The molecule has 0 unspecified atom stereocenters. The number of benzene rings is 2. The van der Waals surface area contributed by atoms with Crippen molar-refractivity contribution in [2.45, 2.75) is 30.6 Å². The van der Waals surface area contributed by atoms with E-state index in [4.69, 9.17) is 17.3 Å². The summed E-state index contributed by atoms with van der Waals surface area (Å²) in [4.78, 5) is 24.1. The van der Waals surface area contributed by atoms with Crippen LogP contribution in [0.4, 0.5) is 5.69 Å². The molecule has 3 N–H and O–H groups in total. The van der Waals surface area contributed by atoms with Gasteiger partial charge in [-0.05, 0) is 43.2 Å². The summed E-state index contributed by atoms with van der Waals surface area (Å²) in [6.07, 6.45) is 3.56. The fourth-order valence-corrected chi connectivity index (χ4v) is 5.28. The molecule has 154 valence electrons. The molecular weight excluding hydrogens is 414 g/mol. The van der Waals surface area contributed by atoms with E-state index >= 15 is 0 Å². The molecule has 0 radical (unpaired) electrons. The van der Waals surface area contributed by atoms with Gasteiger partial charge >= 0.3 is 0 Å². The van der Waals surface area contributed by atoms with Crippen molar-refractivity contribution in [3.05, 3.63) is 58.6 Å². The van der Waals surface area contributed by atoms with Gasteiger partial charge in [-0.3, -0.25) is 9.59 Å². The summed E-state index contributed by atoms with van der Waals surface area (Å²) in [5, 5.41) is 2.66. The van der Waals surface area contributed by atoms with Crippen LogP contribution in [0.25, 0.3) is 0 Å². The molecule has 7 nitrogen and oxygen atoms in total. The summed E-state index contributed by atoms with van der Waals surface area (Å²) < 4.78 is 27.6. The quantitative estimate of drug-likeness (QED) is 0.750. The molecular formula is C20H22ClN3O4S. The summed E-state index contributed by atoms with van der Waals surface area (Å²) in [5.74, 6) is -1.25. The molecule has 0 bridgehead atoms. The van der Waals surface area contributed by atoms with Crippen LogP contribution < -0.4 is 11.1 Å². The maximum Gasteiger partial charge on any atom is 0.255 e. The predicted octanol–water partition coefficient (Wildman–Crippen LogP) is 3.26. The van der Waals surface area contributed by atoms with E-state index in [0.717, 1.165) is 25.7 Å². The summed E-state index contributed by atoms with van der Waals surface area (Å²) in [7, 11) is -3.82. The SMILES string of the molecule is NC(=O)c1ccccc1NC(=O)c1ccc(Cl)c(S(=O)(=O)N2CCCCCC2)c1. The highest BCUT2D eigenvalue weighted by Gasteiger charge is 2.28. The van der Waals surface area contributed by atoms with Gasteiger partial charge in [-0.1, -0.05) is 36.6 Å². The Kier molecular flexibility index (Phi) is 6.56. The number of anilines is 1. The van der Waals surface area contributed by atoms with Crippen LogP contribution in [-0.2, 0) is 10.0 Å². The maximum atomic E-state index is 13.1. The van der Waals surface area contributed by atoms with E-state index in [0.29, 0.717) is 13.1 Å². The van der Waals surface area contributed by atoms with E-state index in [1.165, 1.54) is 28.6 Å². The monoisotopic (exact) mass is 435 g/mol. The smallest absolute Gasteiger partial charge is 0.255 e. The highest BCUT2D eigenvalue weighted by atomic mass is 35.5. The third kappa shape index (κ3) is 4.77. The number of amides is 2. The number of sulfonamides is 1. The van der Waals surface area contributed by atoms with Crippen LogP contribution in [0.15, 0.2) is 47.4 Å². The van der Waals surface area contributed by atoms with Crippen LogP contribution in [-0.4, -0.2) is 37.6 Å². The van der Waals surface area contributed by atoms with Crippen molar-refractivity contribution in [2.75, 3.05) is 18.4 Å². The first kappa shape index (κ1) is 21.3. The Hall–Kier alpha value is -2.42. The number of hydrogen-bond donors (Lipinski definition) is 2. The number of halogens is 1. The molecule has 9 heteroatoms. The average molecular weight is 436 g/mol. The number of para-hydroxylation sites is 1. The van der Waals surface area contributed by atoms with Crippen molar-refractivity contribution in [1.29, 1.82) is 0 Å². The van der Waals surface area contributed by atoms with Crippen molar-refractivity contribution in [3.63, 3.8) is 0 Å². The topological polar surface area (TPSA) is 110 Å². The van der Waals surface area contributed by atoms with Gasteiger partial charge in [0.25, 0.3) is 11.8 Å². The van der Waals surface area contributed by atoms with Crippen molar-refractivity contribution in [1.82, 2.24) is 4.31 Å². The molecule has 1 heterocycles. The molecule has 0 saturated carbocycles. The molecule has 2 aromatic rings. The maximum absolute atomic E-state index is 13.1. The fourth-order valence-electron chi connectivity index (χ4n) is 3.26. The zero-order valence-corrected chi connectivity index (χ0v) is 17.3. The first-order chi connectivity index (χ1) is 13.8. The van der Waals surface area contributed by atoms with Crippen molar-refractivity contribution in [2.24, 2.45) is 5.73 Å². The lowest BCUT2D eigenvalue weighted by molar-refractivity contribution is 0.100. The fraction of sp³-hybridized carbons (Fsp3) is 0.300. The number of nitrogens with one attached hydrogen (secondary N) is 1. The molecule has 1 aliphatic rings. The third-order valence-corrected chi connectivity index (χ3v) is 7.20. The normalized spacial score (nSPS) is 15.5. The Labute approximate surface area is 174 Å². The minimum atomic E-state index is -3.82. The first-order valence-corrected chi connectivity index (χ1v) is 11.1. The Balaban J connectivity index is 1.91. The third-order valence-electron chi connectivity index (χ3n) is 4.82. The van der Waals surface area contributed by atoms with E-state index < -0.39 is 21.8 Å². The van der Waals surface area contributed by atoms with Gasteiger partial charge in [0.2, 0.25) is 10.0 Å². The molecule has 0 aliphatic carbocycles. The number of rotatable bonds is 5. The van der Waals surface area contributed by atoms with E-state index in [9.17, 15) is 18.0 Å². The second-order valence-corrected chi connectivity index (χ2v) is 9.14. The molecule has 1 saturated heterocycles. The molecule has 0 atom stereocenters. The largest absolute Gasteiger partial charge is 0.366 e. The van der Waals surface area contributed by atoms with Crippen molar-refractivity contribution in [3.8, 4) is 0 Å². The number of nitrogens with zero attached hydrogens (tertiary/aromatic N) is 1. The highest BCUT2D eigenvalue weighted by Crippen LogP contribution is 2.28. The number of nitrogens with two attached hydrogens (primary N) is 1. The number of carbonyl (C=O) groups is 2. The second kappa shape index (κ2) is 8.94. The Morgan fingerprint density at radius 3 is 2.31 bits per heavy atom. The summed E-state index contributed by atoms with van der Waals surface area (Å²) in [5.41, 5.74) is 5.85. The molecule has 29 heavy (non-hydrogen) atoms. The van der Waals surface area contributed by atoms with Gasteiger partial charge in [-0.25, -0.2) is 8.42 Å². The van der Waals surface area contributed by atoms with E-state index in [2.05, 4.69) is 5.32 Å². The van der Waals surface area contributed by atoms with Crippen LogP contribution in [0.2, 0.25) is 5.02 Å². The van der Waals surface area contributed by atoms with Gasteiger partial charge in [0, 0.05) is 18.7 Å². The van der Waals surface area contributed by atoms with E-state index in [1.807, 2.05) is 0 Å². The molecule has 3 rings (SSSR count). The lowest BCUT2D eigenvalue weighted by Gasteiger charge is -2.21. The van der Waals surface area contributed by atoms with Crippen LogP contribution in [0.5, 0.6) is 0 Å². The van der Waals surface area contributed by atoms with Crippen LogP contribution in [0.1, 0.15) is 46.4 Å². The van der Waals surface area contributed by atoms with Gasteiger partial charge in [0.15, 0.2) is 0 Å². The van der Waals surface area contributed by atoms with Crippen LogP contribution in [0.3, 0.4) is 0 Å². The summed E-state index contributed by atoms with van der Waals surface area (Å²) in [6, 6.07) is 10.4. The van der Waals surface area contributed by atoms with Gasteiger partial charge in [-0.2, -0.15) is 4.31 Å². The molecule has 2 amide bonds. The Morgan fingerprint density at radius 1 is 1.00 bits per heavy atom. The first-order valence-electron chi connectivity index (χ1n) is 9.30. The molecule has 0 aromatic heterocycles. The predicted molar refractivity (Wildman–Crippen MR) is 112 cm³/mol. The van der Waals surface area contributed by atoms with E-state index in [-0.39, 0.29) is 26.7 Å². The van der Waals surface area contributed by atoms with Gasteiger partial charge in [-0.15, -0.1) is 0 Å². The number of hydrogen-bond acceptors (Lipinski definition) is 4. The Bertz CT molecular complexity index is 1030. The highest BCUT2D eigenvalue weighted by molar-refractivity contribution is 7.89. The average Bonchev–Trinajstić information content (AvgIpc) is 2.98.